The van der Waals surface area contributed by atoms with E-state index >= 15 is 0 Å². The van der Waals surface area contributed by atoms with Crippen molar-refractivity contribution < 1.29 is 19.0 Å². The molecule has 2 aromatic carbocycles. The Labute approximate surface area is 243 Å². The van der Waals surface area contributed by atoms with Crippen molar-refractivity contribution in [2.45, 2.75) is 12.2 Å². The average molecular weight is 571 g/mol. The van der Waals surface area contributed by atoms with Gasteiger partial charge < -0.3 is 24.8 Å². The lowest BCUT2D eigenvalue weighted by Crippen LogP contribution is -2.65. The molecule has 2 N–H and O–H groups in total. The first-order valence-corrected chi connectivity index (χ1v) is 14.4. The Morgan fingerprint density at radius 3 is 2.12 bits per heavy atom. The number of morpholine rings is 2. The fraction of sp³-hybridized carbons (Fsp3) is 0.400. The molecule has 12 heteroatoms. The number of ether oxygens (including phenoxy) is 3. The maximum atomic E-state index is 13.9. The van der Waals surface area contributed by atoms with Crippen LogP contribution in [0.25, 0.3) is 22.3 Å². The molecular formula is C30H34N8O4. The number of benzene rings is 2. The molecule has 0 aliphatic carbocycles. The van der Waals surface area contributed by atoms with E-state index in [0.717, 1.165) is 43.2 Å². The van der Waals surface area contributed by atoms with Crippen LogP contribution >= 0.6 is 0 Å². The van der Waals surface area contributed by atoms with Gasteiger partial charge in [-0.2, -0.15) is 5.10 Å². The highest BCUT2D eigenvalue weighted by Gasteiger charge is 2.42. The molecule has 0 radical (unpaired) electrons. The molecule has 3 saturated heterocycles. The number of carbonyl (C=O) groups is 1. The molecule has 0 saturated carbocycles. The second-order valence-corrected chi connectivity index (χ2v) is 10.8. The number of nitrogens with zero attached hydrogens (tertiary/aromatic N) is 7. The van der Waals surface area contributed by atoms with Crippen LogP contribution in [-0.2, 0) is 14.3 Å². The van der Waals surface area contributed by atoms with Crippen molar-refractivity contribution in [1.82, 2.24) is 34.4 Å². The first-order valence-electron chi connectivity index (χ1n) is 14.4. The molecule has 0 bridgehead atoms. The average Bonchev–Trinajstić information content (AvgIpc) is 3.39. The predicted molar refractivity (Wildman–Crippen MR) is 156 cm³/mol. The van der Waals surface area contributed by atoms with Crippen LogP contribution in [0, 0.1) is 0 Å². The highest BCUT2D eigenvalue weighted by molar-refractivity contribution is 5.98. The van der Waals surface area contributed by atoms with Crippen LogP contribution in [0.15, 0.2) is 60.9 Å². The van der Waals surface area contributed by atoms with Gasteiger partial charge >= 0.3 is 0 Å². The molecule has 3 aliphatic rings. The number of rotatable bonds is 7. The Hall–Kier alpha value is -4.10. The van der Waals surface area contributed by atoms with Crippen molar-refractivity contribution in [2.24, 2.45) is 0 Å². The number of anilines is 1. The number of para-hydroxylation sites is 1. The summed E-state index contributed by atoms with van der Waals surface area (Å²) in [6.07, 6.45) is 1.16. The summed E-state index contributed by atoms with van der Waals surface area (Å²) < 4.78 is 19.0. The molecule has 4 aromatic rings. The number of hydrogen-bond donors (Lipinski definition) is 1. The third-order valence-corrected chi connectivity index (χ3v) is 8.15. The minimum atomic E-state index is -0.307. The topological polar surface area (TPSA) is 124 Å². The van der Waals surface area contributed by atoms with Gasteiger partial charge in [0.05, 0.1) is 37.9 Å². The Bertz CT molecular complexity index is 1510. The molecule has 2 aromatic heterocycles. The van der Waals surface area contributed by atoms with Crippen LogP contribution in [0.4, 0.5) is 5.82 Å². The Morgan fingerprint density at radius 2 is 1.48 bits per heavy atom. The minimum Gasteiger partial charge on any atom is -0.457 e. The lowest BCUT2D eigenvalue weighted by atomic mass is 10.1. The number of amides is 1. The molecular weight excluding hydrogens is 536 g/mol. The molecule has 218 valence electrons. The summed E-state index contributed by atoms with van der Waals surface area (Å²) in [4.78, 5) is 29.1. The van der Waals surface area contributed by atoms with E-state index in [4.69, 9.17) is 25.0 Å². The highest BCUT2D eigenvalue weighted by Crippen LogP contribution is 2.35. The van der Waals surface area contributed by atoms with Crippen LogP contribution in [0.1, 0.15) is 6.04 Å². The zero-order valence-corrected chi connectivity index (χ0v) is 23.3. The van der Waals surface area contributed by atoms with E-state index in [1.165, 1.54) is 6.33 Å². The second-order valence-electron chi connectivity index (χ2n) is 10.8. The number of aromatic nitrogens is 4. The van der Waals surface area contributed by atoms with Gasteiger partial charge in [0.1, 0.15) is 35.5 Å². The summed E-state index contributed by atoms with van der Waals surface area (Å²) in [5.41, 5.74) is 8.61. The van der Waals surface area contributed by atoms with E-state index in [9.17, 15) is 4.79 Å². The molecule has 0 atom stereocenters. The molecule has 3 fully saturated rings. The SMILES string of the molecule is Nc1ncnc2c1c(-c1ccc(Oc3ccccc3)cc1)nn2C1CN(C(=O)C(N2CCOCC2)N2CCOCC2)C1. The van der Waals surface area contributed by atoms with Gasteiger partial charge in [-0.15, -0.1) is 0 Å². The second kappa shape index (κ2) is 11.6. The molecule has 3 aliphatic heterocycles. The molecule has 0 unspecified atom stereocenters. The summed E-state index contributed by atoms with van der Waals surface area (Å²) in [6, 6.07) is 17.4. The Balaban J connectivity index is 1.11. The number of carbonyl (C=O) groups excluding carboxylic acids is 1. The number of nitrogen functional groups attached to an aromatic ring is 1. The van der Waals surface area contributed by atoms with E-state index in [-0.39, 0.29) is 18.1 Å². The van der Waals surface area contributed by atoms with E-state index in [1.54, 1.807) is 0 Å². The molecule has 42 heavy (non-hydrogen) atoms. The van der Waals surface area contributed by atoms with Crippen molar-refractivity contribution in [2.75, 3.05) is 71.4 Å². The maximum Gasteiger partial charge on any atom is 0.255 e. The highest BCUT2D eigenvalue weighted by atomic mass is 16.5. The third kappa shape index (κ3) is 5.18. The van der Waals surface area contributed by atoms with Crippen molar-refractivity contribution in [3.8, 4) is 22.8 Å². The molecule has 0 spiro atoms. The quantitative estimate of drug-likeness (QED) is 0.354. The van der Waals surface area contributed by atoms with Crippen LogP contribution in [-0.4, -0.2) is 112 Å². The van der Waals surface area contributed by atoms with Crippen molar-refractivity contribution >= 4 is 22.8 Å². The summed E-state index contributed by atoms with van der Waals surface area (Å²) in [6.45, 7) is 6.61. The van der Waals surface area contributed by atoms with Gasteiger partial charge in [0.15, 0.2) is 5.65 Å². The van der Waals surface area contributed by atoms with Gasteiger partial charge in [0.2, 0.25) is 0 Å². The minimum absolute atomic E-state index is 0.0183. The van der Waals surface area contributed by atoms with E-state index in [2.05, 4.69) is 19.8 Å². The smallest absolute Gasteiger partial charge is 0.255 e. The summed E-state index contributed by atoms with van der Waals surface area (Å²) >= 11 is 0. The van der Waals surface area contributed by atoms with Gasteiger partial charge in [-0.1, -0.05) is 18.2 Å². The van der Waals surface area contributed by atoms with Gasteiger partial charge in [0, 0.05) is 44.8 Å². The van der Waals surface area contributed by atoms with E-state index in [1.807, 2.05) is 64.2 Å². The zero-order valence-electron chi connectivity index (χ0n) is 23.3. The first kappa shape index (κ1) is 26.8. The summed E-state index contributed by atoms with van der Waals surface area (Å²) in [5.74, 6) is 1.99. The lowest BCUT2D eigenvalue weighted by molar-refractivity contribution is -0.157. The van der Waals surface area contributed by atoms with Gasteiger partial charge in [-0.3, -0.25) is 14.6 Å². The van der Waals surface area contributed by atoms with Crippen molar-refractivity contribution in [3.63, 3.8) is 0 Å². The van der Waals surface area contributed by atoms with Crippen LogP contribution in [0.5, 0.6) is 11.5 Å². The van der Waals surface area contributed by atoms with Crippen LogP contribution in [0.3, 0.4) is 0 Å². The zero-order chi connectivity index (χ0) is 28.5. The lowest BCUT2D eigenvalue weighted by Gasteiger charge is -2.47. The van der Waals surface area contributed by atoms with Gasteiger partial charge in [0.25, 0.3) is 5.91 Å². The summed E-state index contributed by atoms with van der Waals surface area (Å²) in [5, 5.41) is 5.68. The standard InChI is InChI=1S/C30H34N8O4/c31-27-25-26(21-6-8-24(9-7-21)42-23-4-2-1-3-5-23)34-38(28(25)33-20-32-27)22-18-37(19-22)30(39)29(35-10-14-40-15-11-35)36-12-16-41-17-13-36/h1-9,20,22,29H,10-19H2,(H2,31,32,33). The number of hydrogen-bond acceptors (Lipinski definition) is 10. The molecule has 12 nitrogen and oxygen atoms in total. The normalized spacial score (nSPS) is 18.8. The Kier molecular flexibility index (Phi) is 7.43. The monoisotopic (exact) mass is 570 g/mol. The fourth-order valence-electron chi connectivity index (χ4n) is 5.90. The van der Waals surface area contributed by atoms with E-state index < -0.39 is 0 Å². The van der Waals surface area contributed by atoms with E-state index in [0.29, 0.717) is 62.1 Å². The molecule has 1 amide bonds. The third-order valence-electron chi connectivity index (χ3n) is 8.15. The summed E-state index contributed by atoms with van der Waals surface area (Å²) in [7, 11) is 0. The van der Waals surface area contributed by atoms with Gasteiger partial charge in [-0.25, -0.2) is 14.6 Å². The van der Waals surface area contributed by atoms with Gasteiger partial charge in [-0.05, 0) is 36.4 Å². The molecule has 7 rings (SSSR count). The van der Waals surface area contributed by atoms with Crippen LogP contribution < -0.4 is 10.5 Å². The largest absolute Gasteiger partial charge is 0.457 e. The number of nitrogens with two attached hydrogens (primary N) is 1. The predicted octanol–water partition coefficient (Wildman–Crippen LogP) is 2.24. The fourth-order valence-corrected chi connectivity index (χ4v) is 5.90. The maximum absolute atomic E-state index is 13.9. The number of fused-ring (bicyclic) bond motifs is 1. The molecule has 5 heterocycles. The Morgan fingerprint density at radius 1 is 0.857 bits per heavy atom. The van der Waals surface area contributed by atoms with Crippen LogP contribution in [0.2, 0.25) is 0 Å². The van der Waals surface area contributed by atoms with Crippen molar-refractivity contribution in [3.05, 3.63) is 60.9 Å². The number of likely N-dealkylation sites (tertiary alicyclic amines) is 1. The van der Waals surface area contributed by atoms with Crippen molar-refractivity contribution in [1.29, 1.82) is 0 Å². The first-order chi connectivity index (χ1) is 20.7.